The molecule has 1 aromatic carbocycles. The van der Waals surface area contributed by atoms with Crippen LogP contribution in [0.25, 0.3) is 6.08 Å². The second kappa shape index (κ2) is 5.15. The maximum Gasteiger partial charge on any atom is 0.120 e. The molecule has 0 atom stereocenters. The quantitative estimate of drug-likeness (QED) is 0.703. The molecule has 0 unspecified atom stereocenters. The SMILES string of the molecule is COc1cc(Cl)cc(C=CCCl)c1. The average Bonchev–Trinajstić information content (AvgIpc) is 2.14. The number of halogens is 2. The van der Waals surface area contributed by atoms with Crippen molar-refractivity contribution >= 4 is 29.3 Å². The normalized spacial score (nSPS) is 10.7. The van der Waals surface area contributed by atoms with E-state index in [1.807, 2.05) is 24.3 Å². The van der Waals surface area contributed by atoms with Crippen LogP contribution in [0.4, 0.5) is 0 Å². The van der Waals surface area contributed by atoms with Gasteiger partial charge in [0.05, 0.1) is 7.11 Å². The predicted octanol–water partition coefficient (Wildman–Crippen LogP) is 3.60. The minimum Gasteiger partial charge on any atom is -0.497 e. The number of rotatable bonds is 3. The van der Waals surface area contributed by atoms with Gasteiger partial charge in [0.25, 0.3) is 0 Å². The molecule has 70 valence electrons. The first-order valence-corrected chi connectivity index (χ1v) is 4.74. The summed E-state index contributed by atoms with van der Waals surface area (Å²) in [5.74, 6) is 1.25. The standard InChI is InChI=1S/C10H10Cl2O/c1-13-10-6-8(3-2-4-11)5-9(12)7-10/h2-3,5-7H,4H2,1H3. The van der Waals surface area contributed by atoms with Gasteiger partial charge in [0.1, 0.15) is 5.75 Å². The van der Waals surface area contributed by atoms with Crippen molar-refractivity contribution in [2.24, 2.45) is 0 Å². The van der Waals surface area contributed by atoms with Crippen molar-refractivity contribution in [3.8, 4) is 5.75 Å². The zero-order valence-electron chi connectivity index (χ0n) is 7.26. The maximum absolute atomic E-state index is 5.86. The van der Waals surface area contributed by atoms with Gasteiger partial charge in [-0.15, -0.1) is 11.6 Å². The van der Waals surface area contributed by atoms with E-state index in [0.717, 1.165) is 11.3 Å². The van der Waals surface area contributed by atoms with Gasteiger partial charge >= 0.3 is 0 Å². The highest BCUT2D eigenvalue weighted by molar-refractivity contribution is 6.30. The molecule has 0 amide bonds. The molecule has 1 rings (SSSR count). The second-order valence-electron chi connectivity index (χ2n) is 2.48. The molecule has 1 aromatic rings. The molecule has 13 heavy (non-hydrogen) atoms. The van der Waals surface area contributed by atoms with E-state index in [0.29, 0.717) is 10.9 Å². The Balaban J connectivity index is 2.94. The number of benzene rings is 1. The summed E-state index contributed by atoms with van der Waals surface area (Å²) in [5, 5.41) is 0.661. The van der Waals surface area contributed by atoms with Gasteiger partial charge in [0, 0.05) is 10.9 Å². The van der Waals surface area contributed by atoms with E-state index in [2.05, 4.69) is 0 Å². The van der Waals surface area contributed by atoms with E-state index in [1.165, 1.54) is 0 Å². The Morgan fingerprint density at radius 1 is 1.38 bits per heavy atom. The van der Waals surface area contributed by atoms with Crippen molar-refractivity contribution in [1.82, 2.24) is 0 Å². The topological polar surface area (TPSA) is 9.23 Å². The minimum absolute atomic E-state index is 0.495. The molecule has 0 aliphatic carbocycles. The molecule has 1 nitrogen and oxygen atoms in total. The van der Waals surface area contributed by atoms with E-state index >= 15 is 0 Å². The third-order valence-electron chi connectivity index (χ3n) is 1.53. The van der Waals surface area contributed by atoms with E-state index in [1.54, 1.807) is 13.2 Å². The Bertz CT molecular complexity index is 308. The summed E-state index contributed by atoms with van der Waals surface area (Å²) in [6.07, 6.45) is 3.76. The molecule has 0 saturated carbocycles. The van der Waals surface area contributed by atoms with E-state index in [-0.39, 0.29) is 0 Å². The summed E-state index contributed by atoms with van der Waals surface area (Å²) in [7, 11) is 1.61. The molecule has 0 fully saturated rings. The summed E-state index contributed by atoms with van der Waals surface area (Å²) in [6, 6.07) is 5.52. The van der Waals surface area contributed by atoms with Crippen molar-refractivity contribution in [3.05, 3.63) is 34.9 Å². The molecular formula is C10H10Cl2O. The number of allylic oxidation sites excluding steroid dienone is 1. The first-order chi connectivity index (χ1) is 6.26. The second-order valence-corrected chi connectivity index (χ2v) is 3.23. The summed E-state index contributed by atoms with van der Waals surface area (Å²) < 4.78 is 5.06. The Kier molecular flexibility index (Phi) is 4.13. The fraction of sp³-hybridized carbons (Fsp3) is 0.200. The van der Waals surface area contributed by atoms with Crippen LogP contribution in [0.15, 0.2) is 24.3 Å². The first kappa shape index (κ1) is 10.4. The molecule has 0 saturated heterocycles. The summed E-state index contributed by atoms with van der Waals surface area (Å²) in [4.78, 5) is 0. The van der Waals surface area contributed by atoms with Crippen molar-refractivity contribution in [2.45, 2.75) is 0 Å². The van der Waals surface area contributed by atoms with Gasteiger partial charge in [-0.25, -0.2) is 0 Å². The van der Waals surface area contributed by atoms with Gasteiger partial charge in [-0.3, -0.25) is 0 Å². The molecule has 0 aliphatic heterocycles. The molecule has 0 bridgehead atoms. The van der Waals surface area contributed by atoms with E-state index in [4.69, 9.17) is 27.9 Å². The highest BCUT2D eigenvalue weighted by Crippen LogP contribution is 2.21. The number of methoxy groups -OCH3 is 1. The van der Waals surface area contributed by atoms with Crippen LogP contribution in [0.3, 0.4) is 0 Å². The lowest BCUT2D eigenvalue weighted by molar-refractivity contribution is 0.415. The van der Waals surface area contributed by atoms with Crippen molar-refractivity contribution < 1.29 is 4.74 Å². The average molecular weight is 217 g/mol. The summed E-state index contributed by atoms with van der Waals surface area (Å²) in [5.41, 5.74) is 0.991. The largest absolute Gasteiger partial charge is 0.497 e. The highest BCUT2D eigenvalue weighted by Gasteiger charge is 1.96. The molecular weight excluding hydrogens is 207 g/mol. The number of ether oxygens (including phenoxy) is 1. The summed E-state index contributed by atoms with van der Waals surface area (Å²) >= 11 is 11.4. The van der Waals surface area contributed by atoms with E-state index in [9.17, 15) is 0 Å². The van der Waals surface area contributed by atoms with Crippen LogP contribution in [0.1, 0.15) is 5.56 Å². The van der Waals surface area contributed by atoms with Gasteiger partial charge in [0.15, 0.2) is 0 Å². The zero-order chi connectivity index (χ0) is 9.68. The Hall–Kier alpha value is -0.660. The lowest BCUT2D eigenvalue weighted by atomic mass is 10.2. The van der Waals surface area contributed by atoms with Gasteiger partial charge < -0.3 is 4.74 Å². The fourth-order valence-electron chi connectivity index (χ4n) is 0.979. The van der Waals surface area contributed by atoms with E-state index < -0.39 is 0 Å². The Morgan fingerprint density at radius 2 is 2.15 bits per heavy atom. The molecule has 0 heterocycles. The molecule has 0 radical (unpaired) electrons. The monoisotopic (exact) mass is 216 g/mol. The molecule has 0 spiro atoms. The third-order valence-corrected chi connectivity index (χ3v) is 1.93. The van der Waals surface area contributed by atoms with Crippen molar-refractivity contribution in [3.63, 3.8) is 0 Å². The Morgan fingerprint density at radius 3 is 2.77 bits per heavy atom. The van der Waals surface area contributed by atoms with Crippen LogP contribution in [0.5, 0.6) is 5.75 Å². The maximum atomic E-state index is 5.86. The van der Waals surface area contributed by atoms with Gasteiger partial charge in [-0.2, -0.15) is 0 Å². The molecule has 0 aromatic heterocycles. The summed E-state index contributed by atoms with van der Waals surface area (Å²) in [6.45, 7) is 0. The third kappa shape index (κ3) is 3.29. The Labute approximate surface area is 87.9 Å². The number of hydrogen-bond donors (Lipinski definition) is 0. The highest BCUT2D eigenvalue weighted by atomic mass is 35.5. The van der Waals surface area contributed by atoms with Gasteiger partial charge in [-0.1, -0.05) is 23.8 Å². The van der Waals surface area contributed by atoms with Crippen molar-refractivity contribution in [1.29, 1.82) is 0 Å². The van der Waals surface area contributed by atoms with Crippen LogP contribution < -0.4 is 4.74 Å². The van der Waals surface area contributed by atoms with Gasteiger partial charge in [0.2, 0.25) is 0 Å². The number of alkyl halides is 1. The predicted molar refractivity (Wildman–Crippen MR) is 57.8 cm³/mol. The lowest BCUT2D eigenvalue weighted by Gasteiger charge is -2.01. The minimum atomic E-state index is 0.495. The fourth-order valence-corrected chi connectivity index (χ4v) is 1.30. The van der Waals surface area contributed by atoms with Crippen LogP contribution in [0, 0.1) is 0 Å². The smallest absolute Gasteiger partial charge is 0.120 e. The van der Waals surface area contributed by atoms with Crippen molar-refractivity contribution in [2.75, 3.05) is 13.0 Å². The van der Waals surface area contributed by atoms with Crippen LogP contribution >= 0.6 is 23.2 Å². The van der Waals surface area contributed by atoms with Crippen LogP contribution in [-0.2, 0) is 0 Å². The molecule has 0 aliphatic rings. The lowest BCUT2D eigenvalue weighted by Crippen LogP contribution is -1.83. The van der Waals surface area contributed by atoms with Crippen LogP contribution in [0.2, 0.25) is 5.02 Å². The van der Waals surface area contributed by atoms with Gasteiger partial charge in [-0.05, 0) is 23.8 Å². The zero-order valence-corrected chi connectivity index (χ0v) is 8.77. The first-order valence-electron chi connectivity index (χ1n) is 3.83. The van der Waals surface area contributed by atoms with Crippen LogP contribution in [-0.4, -0.2) is 13.0 Å². The molecule has 0 N–H and O–H groups in total. The molecule has 3 heteroatoms. The number of hydrogen-bond acceptors (Lipinski definition) is 1.